The smallest absolute Gasteiger partial charge is 0.323 e. The second-order valence-corrected chi connectivity index (χ2v) is 8.21. The summed E-state index contributed by atoms with van der Waals surface area (Å²) in [6.07, 6.45) is 0. The highest BCUT2D eigenvalue weighted by Crippen LogP contribution is 2.24. The number of imidazole rings is 1. The summed E-state index contributed by atoms with van der Waals surface area (Å²) in [5.74, 6) is -1.67. The molecular formula is C22H19F2N5O3S. The Morgan fingerprint density at radius 2 is 1.67 bits per heavy atom. The van der Waals surface area contributed by atoms with Gasteiger partial charge in [-0.05, 0) is 18.2 Å². The van der Waals surface area contributed by atoms with Crippen LogP contribution in [-0.4, -0.2) is 30.3 Å². The van der Waals surface area contributed by atoms with Crippen LogP contribution in [0.2, 0.25) is 0 Å². The maximum absolute atomic E-state index is 14.4. The first-order chi connectivity index (χ1) is 15.8. The number of aromatic nitrogens is 4. The molecule has 2 aromatic carbocycles. The largest absolute Gasteiger partial charge is 0.332 e. The summed E-state index contributed by atoms with van der Waals surface area (Å²) in [5, 5.41) is 2.73. The third kappa shape index (κ3) is 4.31. The predicted octanol–water partition coefficient (Wildman–Crippen LogP) is 2.49. The molecule has 8 nitrogen and oxygen atoms in total. The monoisotopic (exact) mass is 471 g/mol. The van der Waals surface area contributed by atoms with Gasteiger partial charge < -0.3 is 9.88 Å². The summed E-state index contributed by atoms with van der Waals surface area (Å²) in [6, 6.07) is 11.9. The Bertz CT molecular complexity index is 1490. The van der Waals surface area contributed by atoms with Crippen LogP contribution in [0.1, 0.15) is 5.56 Å². The first-order valence-corrected chi connectivity index (χ1v) is 10.8. The molecule has 0 radical (unpaired) electrons. The summed E-state index contributed by atoms with van der Waals surface area (Å²) >= 11 is 0.992. The molecule has 2 heterocycles. The first-order valence-electron chi connectivity index (χ1n) is 9.84. The van der Waals surface area contributed by atoms with Gasteiger partial charge >= 0.3 is 5.69 Å². The van der Waals surface area contributed by atoms with Crippen molar-refractivity contribution >= 4 is 34.5 Å². The molecule has 33 heavy (non-hydrogen) atoms. The van der Waals surface area contributed by atoms with Crippen LogP contribution in [0.25, 0.3) is 11.2 Å². The Kier molecular flexibility index (Phi) is 6.14. The van der Waals surface area contributed by atoms with Crippen molar-refractivity contribution in [2.75, 3.05) is 11.1 Å². The number of rotatable bonds is 6. The second-order valence-electron chi connectivity index (χ2n) is 7.27. The van der Waals surface area contributed by atoms with Gasteiger partial charge in [-0.15, -0.1) is 0 Å². The average Bonchev–Trinajstić information content (AvgIpc) is 3.16. The van der Waals surface area contributed by atoms with E-state index in [1.807, 2.05) is 0 Å². The fourth-order valence-corrected chi connectivity index (χ4v) is 4.15. The third-order valence-corrected chi connectivity index (χ3v) is 6.06. The van der Waals surface area contributed by atoms with Crippen molar-refractivity contribution in [3.8, 4) is 0 Å². The number of para-hydroxylation sites is 1. The van der Waals surface area contributed by atoms with E-state index in [0.29, 0.717) is 5.56 Å². The predicted molar refractivity (Wildman–Crippen MR) is 121 cm³/mol. The number of aryl methyl sites for hydroxylation is 1. The van der Waals surface area contributed by atoms with E-state index in [9.17, 15) is 23.2 Å². The summed E-state index contributed by atoms with van der Waals surface area (Å²) < 4.78 is 31.8. The van der Waals surface area contributed by atoms with Gasteiger partial charge in [0.2, 0.25) is 5.91 Å². The van der Waals surface area contributed by atoms with Crippen LogP contribution in [0.15, 0.2) is 63.3 Å². The Hall–Kier alpha value is -3.73. The van der Waals surface area contributed by atoms with Crippen molar-refractivity contribution in [3.05, 3.63) is 86.6 Å². The van der Waals surface area contributed by atoms with Gasteiger partial charge in [0, 0.05) is 19.7 Å². The van der Waals surface area contributed by atoms with Crippen molar-refractivity contribution in [1.29, 1.82) is 0 Å². The zero-order chi connectivity index (χ0) is 23.7. The van der Waals surface area contributed by atoms with Crippen molar-refractivity contribution < 1.29 is 13.6 Å². The van der Waals surface area contributed by atoms with Crippen LogP contribution in [0.3, 0.4) is 0 Å². The van der Waals surface area contributed by atoms with E-state index in [-0.39, 0.29) is 34.3 Å². The molecule has 1 amide bonds. The number of carbonyl (C=O) groups excluding carboxylic acids is 1. The number of nitrogens with one attached hydrogen (secondary N) is 1. The van der Waals surface area contributed by atoms with Crippen LogP contribution in [0.5, 0.6) is 0 Å². The summed E-state index contributed by atoms with van der Waals surface area (Å²) in [5.41, 5.74) is -0.558. The Morgan fingerprint density at radius 3 is 2.36 bits per heavy atom. The van der Waals surface area contributed by atoms with E-state index < -0.39 is 28.8 Å². The number of hydrogen-bond donors (Lipinski definition) is 1. The van der Waals surface area contributed by atoms with Gasteiger partial charge in [-0.2, -0.15) is 0 Å². The van der Waals surface area contributed by atoms with E-state index in [0.717, 1.165) is 16.3 Å². The molecule has 4 aromatic rings. The lowest BCUT2D eigenvalue weighted by molar-refractivity contribution is -0.113. The van der Waals surface area contributed by atoms with E-state index in [1.54, 1.807) is 24.3 Å². The highest BCUT2D eigenvalue weighted by molar-refractivity contribution is 7.99. The van der Waals surface area contributed by atoms with Crippen LogP contribution in [0, 0.1) is 11.6 Å². The number of anilines is 1. The number of benzene rings is 2. The molecule has 4 rings (SSSR count). The first kappa shape index (κ1) is 22.5. The molecule has 1 N–H and O–H groups in total. The second kappa shape index (κ2) is 9.02. The molecule has 0 atom stereocenters. The normalized spacial score (nSPS) is 11.2. The summed E-state index contributed by atoms with van der Waals surface area (Å²) in [6.45, 7) is -0.0338. The van der Waals surface area contributed by atoms with Crippen molar-refractivity contribution in [1.82, 2.24) is 18.7 Å². The zero-order valence-corrected chi connectivity index (χ0v) is 18.5. The SMILES string of the molecule is Cn1c(=O)c2c(nc(SCC(=O)Nc3ccccc3F)n2Cc2ccccc2F)n(C)c1=O. The quantitative estimate of drug-likeness (QED) is 0.437. The van der Waals surface area contributed by atoms with Crippen LogP contribution < -0.4 is 16.6 Å². The van der Waals surface area contributed by atoms with Gasteiger partial charge in [0.05, 0.1) is 18.0 Å². The molecule has 0 aliphatic heterocycles. The van der Waals surface area contributed by atoms with Crippen molar-refractivity contribution in [2.45, 2.75) is 11.7 Å². The topological polar surface area (TPSA) is 90.9 Å². The molecule has 0 saturated heterocycles. The molecule has 11 heteroatoms. The van der Waals surface area contributed by atoms with E-state index >= 15 is 0 Å². The van der Waals surface area contributed by atoms with E-state index in [1.165, 1.54) is 47.5 Å². The molecular weight excluding hydrogens is 452 g/mol. The van der Waals surface area contributed by atoms with Crippen LogP contribution in [-0.2, 0) is 25.4 Å². The van der Waals surface area contributed by atoms with Gasteiger partial charge in [-0.25, -0.2) is 18.6 Å². The number of thioether (sulfide) groups is 1. The minimum atomic E-state index is -0.584. The molecule has 2 aromatic heterocycles. The lowest BCUT2D eigenvalue weighted by Crippen LogP contribution is -2.37. The van der Waals surface area contributed by atoms with Crippen molar-refractivity contribution in [3.63, 3.8) is 0 Å². The van der Waals surface area contributed by atoms with Gasteiger partial charge in [-0.1, -0.05) is 42.1 Å². The molecule has 0 bridgehead atoms. The van der Waals surface area contributed by atoms with Crippen LogP contribution in [0.4, 0.5) is 14.5 Å². The molecule has 0 fully saturated rings. The van der Waals surface area contributed by atoms with Gasteiger partial charge in [0.15, 0.2) is 16.3 Å². The Labute approximate surface area is 190 Å². The standard InChI is InChI=1S/C22H19F2N5O3S/c1-27-19-18(20(31)28(2)22(27)32)29(11-13-7-3-4-8-14(13)23)21(26-19)33-12-17(30)25-16-10-6-5-9-15(16)24/h3-10H,11-12H2,1-2H3,(H,25,30). The highest BCUT2D eigenvalue weighted by atomic mass is 32.2. The number of fused-ring (bicyclic) bond motifs is 1. The number of amides is 1. The third-order valence-electron chi connectivity index (χ3n) is 5.08. The molecule has 0 unspecified atom stereocenters. The molecule has 0 aliphatic rings. The maximum Gasteiger partial charge on any atom is 0.332 e. The fourth-order valence-electron chi connectivity index (χ4n) is 3.36. The molecule has 0 saturated carbocycles. The summed E-state index contributed by atoms with van der Waals surface area (Å²) in [4.78, 5) is 42.0. The van der Waals surface area contributed by atoms with E-state index in [2.05, 4.69) is 10.3 Å². The lowest BCUT2D eigenvalue weighted by Gasteiger charge is -2.10. The number of nitrogens with zero attached hydrogens (tertiary/aromatic N) is 4. The number of hydrogen-bond acceptors (Lipinski definition) is 5. The molecule has 170 valence electrons. The van der Waals surface area contributed by atoms with Gasteiger partial charge in [0.25, 0.3) is 5.56 Å². The molecule has 0 spiro atoms. The van der Waals surface area contributed by atoms with Gasteiger partial charge in [-0.3, -0.25) is 18.7 Å². The maximum atomic E-state index is 14.4. The van der Waals surface area contributed by atoms with Gasteiger partial charge in [0.1, 0.15) is 11.6 Å². The highest BCUT2D eigenvalue weighted by Gasteiger charge is 2.21. The summed E-state index contributed by atoms with van der Waals surface area (Å²) in [7, 11) is 2.82. The molecule has 0 aliphatic carbocycles. The minimum Gasteiger partial charge on any atom is -0.323 e. The lowest BCUT2D eigenvalue weighted by atomic mass is 10.2. The van der Waals surface area contributed by atoms with E-state index in [4.69, 9.17) is 0 Å². The number of carbonyl (C=O) groups is 1. The number of halogens is 2. The Morgan fingerprint density at radius 1 is 1.00 bits per heavy atom. The Balaban J connectivity index is 1.73. The average molecular weight is 471 g/mol. The van der Waals surface area contributed by atoms with Crippen molar-refractivity contribution in [2.24, 2.45) is 14.1 Å². The van der Waals surface area contributed by atoms with Crippen LogP contribution >= 0.6 is 11.8 Å². The fraction of sp³-hybridized carbons (Fsp3) is 0.182. The minimum absolute atomic E-state index is 0.0338. The zero-order valence-electron chi connectivity index (χ0n) is 17.7.